The number of alkyl halides is 3. The van der Waals surface area contributed by atoms with E-state index >= 15 is 0 Å². The maximum Gasteiger partial charge on any atom is 0.416 e. The minimum Gasteiger partial charge on any atom is -0.493 e. The number of anilines is 2. The smallest absolute Gasteiger partial charge is 0.416 e. The summed E-state index contributed by atoms with van der Waals surface area (Å²) in [4.78, 5) is 24.6. The van der Waals surface area contributed by atoms with Crippen LogP contribution >= 0.6 is 0 Å². The summed E-state index contributed by atoms with van der Waals surface area (Å²) < 4.78 is 49.5. The van der Waals surface area contributed by atoms with Gasteiger partial charge in [-0.1, -0.05) is 30.3 Å². The van der Waals surface area contributed by atoms with E-state index in [-0.39, 0.29) is 35.3 Å². The van der Waals surface area contributed by atoms with E-state index in [2.05, 4.69) is 10.6 Å². The van der Waals surface area contributed by atoms with Gasteiger partial charge in [0.2, 0.25) is 0 Å². The Bertz CT molecular complexity index is 1320. The van der Waals surface area contributed by atoms with E-state index in [1.807, 2.05) is 6.07 Å². The van der Waals surface area contributed by atoms with Crippen molar-refractivity contribution in [3.63, 3.8) is 0 Å². The summed E-state index contributed by atoms with van der Waals surface area (Å²) in [7, 11) is 1.38. The first-order valence-electron chi connectivity index (χ1n) is 10.5. The van der Waals surface area contributed by atoms with Crippen LogP contribution < -0.4 is 20.1 Å². The molecule has 10 heteroatoms. The third kappa shape index (κ3) is 7.11. The number of carbonyl (C=O) groups is 2. The number of rotatable bonds is 8. The molecule has 0 aliphatic heterocycles. The monoisotopic (exact) mass is 495 g/mol. The number of halogens is 3. The molecule has 0 spiro atoms. The maximum absolute atomic E-state index is 12.9. The molecule has 184 valence electrons. The molecule has 0 unspecified atom stereocenters. The number of hydrogen-bond acceptors (Lipinski definition) is 5. The number of benzene rings is 3. The second kappa shape index (κ2) is 11.6. The summed E-state index contributed by atoms with van der Waals surface area (Å²) in [6.45, 7) is -0.288. The highest BCUT2D eigenvalue weighted by molar-refractivity contribution is 6.09. The largest absolute Gasteiger partial charge is 0.493 e. The number of hydrogen-bond donors (Lipinski definition) is 2. The van der Waals surface area contributed by atoms with E-state index < -0.39 is 17.6 Å². The first-order chi connectivity index (χ1) is 17.2. The van der Waals surface area contributed by atoms with E-state index in [1.165, 1.54) is 37.5 Å². The van der Waals surface area contributed by atoms with E-state index in [4.69, 9.17) is 9.47 Å². The SMILES string of the molecule is COc1cc(/C=C(\C#N)C(=O)Nc2cccc(C(F)(F)F)c2)ccc1OCC(=O)Nc1ccccc1. The lowest BCUT2D eigenvalue weighted by Gasteiger charge is -2.12. The molecule has 0 bridgehead atoms. The number of carbonyl (C=O) groups excluding carboxylic acids is 2. The lowest BCUT2D eigenvalue weighted by molar-refractivity contribution is -0.137. The van der Waals surface area contributed by atoms with Gasteiger partial charge in [0.05, 0.1) is 12.7 Å². The van der Waals surface area contributed by atoms with E-state index in [1.54, 1.807) is 30.3 Å². The predicted molar refractivity (Wildman–Crippen MR) is 127 cm³/mol. The molecule has 0 heterocycles. The quantitative estimate of drug-likeness (QED) is 0.327. The Morgan fingerprint density at radius 1 is 0.944 bits per heavy atom. The highest BCUT2D eigenvalue weighted by Gasteiger charge is 2.30. The molecule has 2 N–H and O–H groups in total. The standard InChI is InChI=1S/C26H20F3N3O4/c1-35-23-13-17(10-11-22(23)36-16-24(33)31-20-7-3-2-4-8-20)12-18(15-30)25(34)32-21-9-5-6-19(14-21)26(27,28)29/h2-14H,16H2,1H3,(H,31,33)(H,32,34)/b18-12+. The molecule has 0 aliphatic rings. The molecule has 0 atom stereocenters. The first-order valence-corrected chi connectivity index (χ1v) is 10.5. The van der Waals surface area contributed by atoms with Crippen molar-refractivity contribution in [1.29, 1.82) is 5.26 Å². The van der Waals surface area contributed by atoms with Gasteiger partial charge < -0.3 is 20.1 Å². The van der Waals surface area contributed by atoms with Gasteiger partial charge in [0.15, 0.2) is 18.1 Å². The van der Waals surface area contributed by atoms with Crippen LogP contribution in [0.15, 0.2) is 78.4 Å². The lowest BCUT2D eigenvalue weighted by atomic mass is 10.1. The number of para-hydroxylation sites is 1. The summed E-state index contributed by atoms with van der Waals surface area (Å²) in [5, 5.41) is 14.4. The number of nitriles is 1. The fourth-order valence-electron chi connectivity index (χ4n) is 3.04. The molecule has 3 aromatic rings. The van der Waals surface area contributed by atoms with Crippen LogP contribution in [0, 0.1) is 11.3 Å². The molecule has 3 rings (SSSR count). The van der Waals surface area contributed by atoms with Crippen molar-refractivity contribution in [2.24, 2.45) is 0 Å². The zero-order valence-electron chi connectivity index (χ0n) is 18.9. The number of methoxy groups -OCH3 is 1. The molecular formula is C26H20F3N3O4. The fourth-order valence-corrected chi connectivity index (χ4v) is 3.04. The normalized spacial score (nSPS) is 11.2. The topological polar surface area (TPSA) is 100 Å². The van der Waals surface area contributed by atoms with Gasteiger partial charge in [-0.3, -0.25) is 9.59 Å². The molecule has 0 aliphatic carbocycles. The Morgan fingerprint density at radius 2 is 1.67 bits per heavy atom. The summed E-state index contributed by atoms with van der Waals surface area (Å²) in [5.41, 5.74) is -0.369. The summed E-state index contributed by atoms with van der Waals surface area (Å²) in [6, 6.07) is 19.2. The molecule has 3 aromatic carbocycles. The van der Waals surface area contributed by atoms with Crippen molar-refractivity contribution in [3.8, 4) is 17.6 Å². The molecule has 2 amide bonds. The number of ether oxygens (including phenoxy) is 2. The van der Waals surface area contributed by atoms with Gasteiger partial charge in [-0.2, -0.15) is 18.4 Å². The molecule has 0 aromatic heterocycles. The molecule has 7 nitrogen and oxygen atoms in total. The van der Waals surface area contributed by atoms with Gasteiger partial charge in [0.1, 0.15) is 11.6 Å². The first kappa shape index (κ1) is 25.8. The third-order valence-electron chi connectivity index (χ3n) is 4.73. The zero-order valence-corrected chi connectivity index (χ0v) is 18.9. The Hall–Kier alpha value is -4.78. The summed E-state index contributed by atoms with van der Waals surface area (Å²) >= 11 is 0. The fraction of sp³-hybridized carbons (Fsp3) is 0.115. The maximum atomic E-state index is 12.9. The minimum atomic E-state index is -4.57. The number of nitrogens with zero attached hydrogens (tertiary/aromatic N) is 1. The van der Waals surface area contributed by atoms with E-state index in [0.29, 0.717) is 11.3 Å². The van der Waals surface area contributed by atoms with Crippen LogP contribution in [-0.2, 0) is 15.8 Å². The van der Waals surface area contributed by atoms with Crippen molar-refractivity contribution in [3.05, 3.63) is 89.5 Å². The van der Waals surface area contributed by atoms with Crippen LogP contribution in [0.25, 0.3) is 6.08 Å². The zero-order chi connectivity index (χ0) is 26.1. The minimum absolute atomic E-state index is 0.105. The van der Waals surface area contributed by atoms with Gasteiger partial charge in [0, 0.05) is 11.4 Å². The van der Waals surface area contributed by atoms with Gasteiger partial charge in [-0.05, 0) is 54.1 Å². The summed E-state index contributed by atoms with van der Waals surface area (Å²) in [6.07, 6.45) is -3.32. The average Bonchev–Trinajstić information content (AvgIpc) is 2.86. The predicted octanol–water partition coefficient (Wildman–Crippen LogP) is 5.28. The van der Waals surface area contributed by atoms with E-state index in [9.17, 15) is 28.0 Å². The number of amides is 2. The van der Waals surface area contributed by atoms with Crippen LogP contribution in [0.2, 0.25) is 0 Å². The van der Waals surface area contributed by atoms with Crippen molar-refractivity contribution in [2.45, 2.75) is 6.18 Å². The average molecular weight is 495 g/mol. The molecule has 36 heavy (non-hydrogen) atoms. The van der Waals surface area contributed by atoms with Gasteiger partial charge >= 0.3 is 6.18 Å². The molecule has 0 saturated heterocycles. The van der Waals surface area contributed by atoms with Gasteiger partial charge in [-0.15, -0.1) is 0 Å². The van der Waals surface area contributed by atoms with Crippen LogP contribution in [0.5, 0.6) is 11.5 Å². The van der Waals surface area contributed by atoms with Gasteiger partial charge in [0.25, 0.3) is 11.8 Å². The third-order valence-corrected chi connectivity index (χ3v) is 4.73. The lowest BCUT2D eigenvalue weighted by Crippen LogP contribution is -2.20. The van der Waals surface area contributed by atoms with Crippen molar-refractivity contribution in [2.75, 3.05) is 24.4 Å². The second-order valence-electron chi connectivity index (χ2n) is 7.32. The molecule has 0 saturated carbocycles. The Kier molecular flexibility index (Phi) is 8.30. The van der Waals surface area contributed by atoms with Crippen LogP contribution in [0.3, 0.4) is 0 Å². The van der Waals surface area contributed by atoms with Crippen molar-refractivity contribution < 1.29 is 32.2 Å². The van der Waals surface area contributed by atoms with Crippen LogP contribution in [0.4, 0.5) is 24.5 Å². The number of nitrogens with one attached hydrogen (secondary N) is 2. The molecule has 0 radical (unpaired) electrons. The van der Waals surface area contributed by atoms with Gasteiger partial charge in [-0.25, -0.2) is 0 Å². The highest BCUT2D eigenvalue weighted by Crippen LogP contribution is 2.31. The van der Waals surface area contributed by atoms with Crippen molar-refractivity contribution >= 4 is 29.3 Å². The van der Waals surface area contributed by atoms with Crippen molar-refractivity contribution in [1.82, 2.24) is 0 Å². The molecular weight excluding hydrogens is 475 g/mol. The highest BCUT2D eigenvalue weighted by atomic mass is 19.4. The van der Waals surface area contributed by atoms with Crippen LogP contribution in [-0.4, -0.2) is 25.5 Å². The summed E-state index contributed by atoms with van der Waals surface area (Å²) in [5.74, 6) is -0.768. The molecule has 0 fully saturated rings. The Morgan fingerprint density at radius 3 is 2.33 bits per heavy atom. The second-order valence-corrected chi connectivity index (χ2v) is 7.32. The Balaban J connectivity index is 1.70. The van der Waals surface area contributed by atoms with Crippen LogP contribution in [0.1, 0.15) is 11.1 Å². The Labute approximate surface area is 204 Å². The van der Waals surface area contributed by atoms with E-state index in [0.717, 1.165) is 18.2 Å².